The molecule has 1 atom stereocenters. The summed E-state index contributed by atoms with van der Waals surface area (Å²) in [5, 5.41) is 11.4. The van der Waals surface area contributed by atoms with Crippen molar-refractivity contribution >= 4 is 29.6 Å². The number of hydrogen-bond donors (Lipinski definition) is 2. The molecule has 1 unspecified atom stereocenters. The minimum absolute atomic E-state index is 0.00119. The van der Waals surface area contributed by atoms with Gasteiger partial charge in [-0.05, 0) is 29.7 Å². The lowest BCUT2D eigenvalue weighted by molar-refractivity contribution is -0.138. The Morgan fingerprint density at radius 1 is 1.43 bits per heavy atom. The van der Waals surface area contributed by atoms with E-state index in [2.05, 4.69) is 5.32 Å². The fourth-order valence-corrected chi connectivity index (χ4v) is 1.85. The first kappa shape index (κ1) is 17.2. The summed E-state index contributed by atoms with van der Waals surface area (Å²) in [5.41, 5.74) is 0.580. The molecule has 0 radical (unpaired) electrons. The van der Waals surface area contributed by atoms with E-state index >= 15 is 0 Å². The number of carboxylic acid groups (broad SMARTS) is 1. The van der Waals surface area contributed by atoms with E-state index in [0.29, 0.717) is 5.56 Å². The molecule has 0 spiro atoms. The Bertz CT molecular complexity index is 558. The summed E-state index contributed by atoms with van der Waals surface area (Å²) in [7, 11) is 0. The van der Waals surface area contributed by atoms with Gasteiger partial charge in [0.1, 0.15) is 5.82 Å². The van der Waals surface area contributed by atoms with Gasteiger partial charge < -0.3 is 10.4 Å². The Labute approximate surface area is 127 Å². The van der Waals surface area contributed by atoms with E-state index in [-0.39, 0.29) is 17.4 Å². The number of hydrogen-bond acceptors (Lipinski definition) is 2. The zero-order valence-corrected chi connectivity index (χ0v) is 12.5. The van der Waals surface area contributed by atoms with Gasteiger partial charge in [0.05, 0.1) is 11.4 Å². The van der Waals surface area contributed by atoms with E-state index in [9.17, 15) is 14.0 Å². The van der Waals surface area contributed by atoms with Crippen LogP contribution in [0.5, 0.6) is 0 Å². The van der Waals surface area contributed by atoms with E-state index in [4.69, 9.17) is 16.7 Å². The molecule has 4 nitrogen and oxygen atoms in total. The molecule has 114 valence electrons. The van der Waals surface area contributed by atoms with Crippen molar-refractivity contribution in [3.63, 3.8) is 0 Å². The number of carboxylic acids is 1. The minimum Gasteiger partial charge on any atom is -0.481 e. The average molecular weight is 314 g/mol. The molecule has 1 aromatic rings. The van der Waals surface area contributed by atoms with Crippen LogP contribution in [-0.4, -0.2) is 23.0 Å². The lowest BCUT2D eigenvalue weighted by atomic mass is 10.0. The lowest BCUT2D eigenvalue weighted by Crippen LogP contribution is -2.39. The number of carbonyl (C=O) groups is 2. The van der Waals surface area contributed by atoms with Crippen molar-refractivity contribution in [1.29, 1.82) is 0 Å². The maximum absolute atomic E-state index is 13.0. The van der Waals surface area contributed by atoms with Crippen LogP contribution in [0.2, 0.25) is 5.02 Å². The first-order valence-electron chi connectivity index (χ1n) is 6.45. The predicted molar refractivity (Wildman–Crippen MR) is 79.5 cm³/mol. The Morgan fingerprint density at radius 2 is 2.10 bits per heavy atom. The van der Waals surface area contributed by atoms with Gasteiger partial charge in [-0.15, -0.1) is 0 Å². The van der Waals surface area contributed by atoms with Gasteiger partial charge in [-0.2, -0.15) is 0 Å². The molecule has 0 bridgehead atoms. The van der Waals surface area contributed by atoms with Gasteiger partial charge in [0.2, 0.25) is 5.91 Å². The van der Waals surface area contributed by atoms with Crippen molar-refractivity contribution < 1.29 is 19.1 Å². The fraction of sp³-hybridized carbons (Fsp3) is 0.333. The average Bonchev–Trinajstić information content (AvgIpc) is 2.38. The zero-order chi connectivity index (χ0) is 16.0. The third-order valence-electron chi connectivity index (χ3n) is 2.90. The second-order valence-electron chi connectivity index (χ2n) is 4.96. The van der Waals surface area contributed by atoms with Gasteiger partial charge in [-0.3, -0.25) is 9.59 Å². The zero-order valence-electron chi connectivity index (χ0n) is 11.8. The Balaban J connectivity index is 2.68. The molecule has 0 fully saturated rings. The molecular weight excluding hydrogens is 297 g/mol. The number of halogens is 2. The van der Waals surface area contributed by atoms with Crippen LogP contribution in [0.25, 0.3) is 6.08 Å². The summed E-state index contributed by atoms with van der Waals surface area (Å²) in [6.07, 6.45) is 2.61. The Hall–Kier alpha value is -1.88. The molecule has 21 heavy (non-hydrogen) atoms. The van der Waals surface area contributed by atoms with Crippen LogP contribution in [-0.2, 0) is 9.59 Å². The molecule has 0 aliphatic carbocycles. The number of aliphatic carboxylic acids is 1. The maximum Gasteiger partial charge on any atom is 0.305 e. The third-order valence-corrected chi connectivity index (χ3v) is 3.19. The summed E-state index contributed by atoms with van der Waals surface area (Å²) < 4.78 is 13.0. The standard InChI is InChI=1S/C15H17ClFNO3/c1-9(2)13(8-15(20)21)18-14(19)6-4-10-3-5-12(17)11(16)7-10/h3-7,9,13H,8H2,1-2H3,(H,18,19)(H,20,21)/b6-4+. The first-order valence-corrected chi connectivity index (χ1v) is 6.83. The molecule has 0 aliphatic heterocycles. The third kappa shape index (κ3) is 5.95. The summed E-state index contributed by atoms with van der Waals surface area (Å²) in [6.45, 7) is 3.66. The van der Waals surface area contributed by atoms with Gasteiger partial charge in [-0.25, -0.2) is 4.39 Å². The molecule has 0 saturated heterocycles. The van der Waals surface area contributed by atoms with Crippen molar-refractivity contribution in [2.45, 2.75) is 26.3 Å². The van der Waals surface area contributed by atoms with Crippen molar-refractivity contribution in [1.82, 2.24) is 5.32 Å². The van der Waals surface area contributed by atoms with E-state index < -0.39 is 23.7 Å². The molecule has 2 N–H and O–H groups in total. The van der Waals surface area contributed by atoms with Crippen LogP contribution < -0.4 is 5.32 Å². The molecular formula is C15H17ClFNO3. The normalized spacial score (nSPS) is 12.6. The van der Waals surface area contributed by atoms with E-state index in [1.165, 1.54) is 30.4 Å². The second kappa shape index (κ2) is 7.78. The molecule has 1 aromatic carbocycles. The van der Waals surface area contributed by atoms with Gasteiger partial charge in [0.15, 0.2) is 0 Å². The number of carbonyl (C=O) groups excluding carboxylic acids is 1. The molecule has 6 heteroatoms. The highest BCUT2D eigenvalue weighted by Gasteiger charge is 2.18. The van der Waals surface area contributed by atoms with E-state index in [1.54, 1.807) is 0 Å². The highest BCUT2D eigenvalue weighted by atomic mass is 35.5. The van der Waals surface area contributed by atoms with Gasteiger partial charge in [0, 0.05) is 12.1 Å². The summed E-state index contributed by atoms with van der Waals surface area (Å²) in [6, 6.07) is 3.65. The molecule has 0 heterocycles. The van der Waals surface area contributed by atoms with E-state index in [1.807, 2.05) is 13.8 Å². The van der Waals surface area contributed by atoms with Crippen LogP contribution >= 0.6 is 11.6 Å². The van der Waals surface area contributed by atoms with E-state index in [0.717, 1.165) is 0 Å². The van der Waals surface area contributed by atoms with Gasteiger partial charge >= 0.3 is 5.97 Å². The van der Waals surface area contributed by atoms with Crippen LogP contribution in [0.15, 0.2) is 24.3 Å². The molecule has 1 amide bonds. The second-order valence-corrected chi connectivity index (χ2v) is 5.37. The minimum atomic E-state index is -0.969. The smallest absolute Gasteiger partial charge is 0.305 e. The largest absolute Gasteiger partial charge is 0.481 e. The Morgan fingerprint density at radius 3 is 2.62 bits per heavy atom. The molecule has 0 aromatic heterocycles. The lowest BCUT2D eigenvalue weighted by Gasteiger charge is -2.19. The quantitative estimate of drug-likeness (QED) is 0.793. The first-order chi connectivity index (χ1) is 9.79. The SMILES string of the molecule is CC(C)C(CC(=O)O)NC(=O)/C=C/c1ccc(F)c(Cl)c1. The summed E-state index contributed by atoms with van der Waals surface area (Å²) in [4.78, 5) is 22.5. The number of rotatable bonds is 6. The van der Waals surface area contributed by atoms with Gasteiger partial charge in [-0.1, -0.05) is 31.5 Å². The molecule has 0 aliphatic rings. The highest BCUT2D eigenvalue weighted by Crippen LogP contribution is 2.16. The number of benzene rings is 1. The van der Waals surface area contributed by atoms with Crippen LogP contribution in [0.4, 0.5) is 4.39 Å². The van der Waals surface area contributed by atoms with Gasteiger partial charge in [0.25, 0.3) is 0 Å². The number of nitrogens with one attached hydrogen (secondary N) is 1. The predicted octanol–water partition coefficient (Wildman–Crippen LogP) is 3.11. The summed E-state index contributed by atoms with van der Waals surface area (Å²) >= 11 is 5.64. The topological polar surface area (TPSA) is 66.4 Å². The van der Waals surface area contributed by atoms with Crippen LogP contribution in [0.3, 0.4) is 0 Å². The summed E-state index contributed by atoms with van der Waals surface area (Å²) in [5.74, 6) is -1.91. The fourth-order valence-electron chi connectivity index (χ4n) is 1.66. The van der Waals surface area contributed by atoms with Crippen LogP contribution in [0, 0.1) is 11.7 Å². The van der Waals surface area contributed by atoms with Crippen molar-refractivity contribution in [2.24, 2.45) is 5.92 Å². The molecule has 0 saturated carbocycles. The van der Waals surface area contributed by atoms with Crippen LogP contribution in [0.1, 0.15) is 25.8 Å². The molecule has 1 rings (SSSR count). The highest BCUT2D eigenvalue weighted by molar-refractivity contribution is 6.30. The van der Waals surface area contributed by atoms with Crippen molar-refractivity contribution in [3.05, 3.63) is 40.7 Å². The van der Waals surface area contributed by atoms with Crippen molar-refractivity contribution in [3.8, 4) is 0 Å². The monoisotopic (exact) mass is 313 g/mol. The Kier molecular flexibility index (Phi) is 6.37. The number of amides is 1. The maximum atomic E-state index is 13.0. The van der Waals surface area contributed by atoms with Crippen molar-refractivity contribution in [2.75, 3.05) is 0 Å².